The lowest BCUT2D eigenvalue weighted by Crippen LogP contribution is -2.23. The Labute approximate surface area is 96.3 Å². The van der Waals surface area contributed by atoms with E-state index in [-0.39, 0.29) is 5.96 Å². The lowest BCUT2D eigenvalue weighted by molar-refractivity contribution is 0.338. The van der Waals surface area contributed by atoms with E-state index in [1.54, 1.807) is 0 Å². The van der Waals surface area contributed by atoms with Gasteiger partial charge in [0.05, 0.1) is 6.61 Å². The number of ether oxygens (including phenoxy) is 1. The van der Waals surface area contributed by atoms with Crippen LogP contribution in [0.5, 0.6) is 5.75 Å². The first-order chi connectivity index (χ1) is 7.63. The Hall–Kier alpha value is -1.71. The minimum absolute atomic E-state index is 0.141. The van der Waals surface area contributed by atoms with Crippen LogP contribution in [0.15, 0.2) is 23.2 Å². The van der Waals surface area contributed by atoms with Gasteiger partial charge in [-0.3, -0.25) is 4.99 Å². The summed E-state index contributed by atoms with van der Waals surface area (Å²) < 4.78 is 5.47. The van der Waals surface area contributed by atoms with E-state index in [1.165, 1.54) is 5.56 Å². The first-order valence-electron chi connectivity index (χ1n) is 5.41. The summed E-state index contributed by atoms with van der Waals surface area (Å²) in [6, 6.07) is 6.14. The topological polar surface area (TPSA) is 73.6 Å². The van der Waals surface area contributed by atoms with Crippen LogP contribution in [0.4, 0.5) is 0 Å². The van der Waals surface area contributed by atoms with Crippen LogP contribution in [-0.4, -0.2) is 19.1 Å². The van der Waals surface area contributed by atoms with Crippen LogP contribution in [0.3, 0.4) is 0 Å². The summed E-state index contributed by atoms with van der Waals surface area (Å²) >= 11 is 0. The number of nitrogens with two attached hydrogens (primary N) is 2. The molecule has 0 aromatic heterocycles. The third kappa shape index (κ3) is 3.81. The summed E-state index contributed by atoms with van der Waals surface area (Å²) in [6.45, 7) is 5.32. The van der Waals surface area contributed by atoms with Crippen LogP contribution in [-0.2, 0) is 6.42 Å². The first kappa shape index (κ1) is 12.4. The molecule has 0 heterocycles. The molecule has 4 N–H and O–H groups in total. The lowest BCUT2D eigenvalue weighted by Gasteiger charge is -2.08. The van der Waals surface area contributed by atoms with Gasteiger partial charge in [0.25, 0.3) is 0 Å². The number of hydrogen-bond donors (Lipinski definition) is 2. The van der Waals surface area contributed by atoms with E-state index in [1.807, 2.05) is 26.0 Å². The number of aliphatic imine (C=N–C) groups is 1. The zero-order valence-electron chi connectivity index (χ0n) is 9.86. The largest absolute Gasteiger partial charge is 0.494 e. The lowest BCUT2D eigenvalue weighted by atomic mass is 10.1. The van der Waals surface area contributed by atoms with Gasteiger partial charge in [0.1, 0.15) is 5.75 Å². The molecule has 0 spiro atoms. The van der Waals surface area contributed by atoms with Crippen molar-refractivity contribution in [1.29, 1.82) is 0 Å². The van der Waals surface area contributed by atoms with Crippen molar-refractivity contribution >= 4 is 5.96 Å². The van der Waals surface area contributed by atoms with Crippen molar-refractivity contribution < 1.29 is 4.74 Å². The number of benzene rings is 1. The maximum Gasteiger partial charge on any atom is 0.185 e. The number of hydrogen-bond acceptors (Lipinski definition) is 2. The molecular weight excluding hydrogens is 202 g/mol. The number of rotatable bonds is 5. The molecule has 4 nitrogen and oxygen atoms in total. The van der Waals surface area contributed by atoms with E-state index in [2.05, 4.69) is 11.1 Å². The molecule has 1 rings (SSSR count). The zero-order chi connectivity index (χ0) is 12.0. The SMILES string of the molecule is CCOc1ccc(CCN=C(N)N)cc1C. The van der Waals surface area contributed by atoms with Crippen LogP contribution in [0.2, 0.25) is 0 Å². The minimum Gasteiger partial charge on any atom is -0.494 e. The fourth-order valence-electron chi connectivity index (χ4n) is 1.50. The normalized spacial score (nSPS) is 9.88. The molecule has 0 atom stereocenters. The van der Waals surface area contributed by atoms with Gasteiger partial charge in [-0.05, 0) is 37.5 Å². The third-order valence-electron chi connectivity index (χ3n) is 2.23. The quantitative estimate of drug-likeness (QED) is 0.579. The Morgan fingerprint density at radius 3 is 2.69 bits per heavy atom. The highest BCUT2D eigenvalue weighted by Crippen LogP contribution is 2.19. The number of aryl methyl sites for hydroxylation is 1. The average Bonchev–Trinajstić information content (AvgIpc) is 2.21. The van der Waals surface area contributed by atoms with Gasteiger partial charge >= 0.3 is 0 Å². The van der Waals surface area contributed by atoms with Crippen LogP contribution >= 0.6 is 0 Å². The molecule has 0 bridgehead atoms. The van der Waals surface area contributed by atoms with Crippen molar-refractivity contribution in [2.75, 3.05) is 13.2 Å². The summed E-state index contributed by atoms with van der Waals surface area (Å²) in [6.07, 6.45) is 0.838. The van der Waals surface area contributed by atoms with Gasteiger partial charge in [-0.15, -0.1) is 0 Å². The van der Waals surface area contributed by atoms with Crippen LogP contribution in [0.25, 0.3) is 0 Å². The van der Waals surface area contributed by atoms with Gasteiger partial charge in [0.15, 0.2) is 5.96 Å². The van der Waals surface area contributed by atoms with Gasteiger partial charge < -0.3 is 16.2 Å². The van der Waals surface area contributed by atoms with E-state index in [9.17, 15) is 0 Å². The highest BCUT2D eigenvalue weighted by Gasteiger charge is 2.00. The highest BCUT2D eigenvalue weighted by molar-refractivity contribution is 5.75. The molecule has 0 unspecified atom stereocenters. The predicted octanol–water partition coefficient (Wildman–Crippen LogP) is 1.21. The number of guanidine groups is 1. The number of nitrogens with zero attached hydrogens (tertiary/aromatic N) is 1. The van der Waals surface area contributed by atoms with Gasteiger partial charge in [-0.25, -0.2) is 0 Å². The molecule has 88 valence electrons. The maximum atomic E-state index is 5.47. The Morgan fingerprint density at radius 2 is 2.12 bits per heavy atom. The molecule has 0 aliphatic carbocycles. The van der Waals surface area contributed by atoms with Crippen molar-refractivity contribution in [1.82, 2.24) is 0 Å². The molecule has 16 heavy (non-hydrogen) atoms. The van der Waals surface area contributed by atoms with Crippen LogP contribution < -0.4 is 16.2 Å². The Morgan fingerprint density at radius 1 is 1.38 bits per heavy atom. The maximum absolute atomic E-state index is 5.47. The Kier molecular flexibility index (Phi) is 4.64. The molecule has 0 aliphatic heterocycles. The van der Waals surface area contributed by atoms with Gasteiger partial charge in [-0.1, -0.05) is 12.1 Å². The summed E-state index contributed by atoms with van der Waals surface area (Å²) in [5, 5.41) is 0. The molecule has 1 aromatic rings. The van der Waals surface area contributed by atoms with Crippen molar-refractivity contribution in [3.63, 3.8) is 0 Å². The van der Waals surface area contributed by atoms with Gasteiger partial charge in [-0.2, -0.15) is 0 Å². The first-order valence-corrected chi connectivity index (χ1v) is 5.41. The fourth-order valence-corrected chi connectivity index (χ4v) is 1.50. The van der Waals surface area contributed by atoms with Crippen LogP contribution in [0, 0.1) is 6.92 Å². The van der Waals surface area contributed by atoms with E-state index in [4.69, 9.17) is 16.2 Å². The van der Waals surface area contributed by atoms with Crippen molar-refractivity contribution in [2.24, 2.45) is 16.5 Å². The summed E-state index contributed by atoms with van der Waals surface area (Å²) in [7, 11) is 0. The second-order valence-corrected chi connectivity index (χ2v) is 3.59. The monoisotopic (exact) mass is 221 g/mol. The molecule has 0 saturated carbocycles. The average molecular weight is 221 g/mol. The second-order valence-electron chi connectivity index (χ2n) is 3.59. The standard InChI is InChI=1S/C12H19N3O/c1-3-16-11-5-4-10(8-9(11)2)6-7-15-12(13)14/h4-5,8H,3,6-7H2,1-2H3,(H4,13,14,15). The van der Waals surface area contributed by atoms with Crippen molar-refractivity contribution in [3.8, 4) is 5.75 Å². The molecule has 0 fully saturated rings. The van der Waals surface area contributed by atoms with Gasteiger partial charge in [0.2, 0.25) is 0 Å². The van der Waals surface area contributed by atoms with Crippen molar-refractivity contribution in [3.05, 3.63) is 29.3 Å². The predicted molar refractivity (Wildman–Crippen MR) is 66.7 cm³/mol. The van der Waals surface area contributed by atoms with E-state index < -0.39 is 0 Å². The summed E-state index contributed by atoms with van der Waals surface area (Å²) in [4.78, 5) is 3.95. The summed E-state index contributed by atoms with van der Waals surface area (Å²) in [5.74, 6) is 1.08. The Bertz CT molecular complexity index is 371. The van der Waals surface area contributed by atoms with Crippen LogP contribution in [0.1, 0.15) is 18.1 Å². The highest BCUT2D eigenvalue weighted by atomic mass is 16.5. The molecular formula is C12H19N3O. The molecule has 4 heteroatoms. The zero-order valence-corrected chi connectivity index (χ0v) is 9.86. The van der Waals surface area contributed by atoms with Gasteiger partial charge in [0, 0.05) is 6.54 Å². The molecule has 0 aliphatic rings. The minimum atomic E-state index is 0.141. The second kappa shape index (κ2) is 6.00. The smallest absolute Gasteiger partial charge is 0.185 e. The third-order valence-corrected chi connectivity index (χ3v) is 2.23. The molecule has 0 radical (unpaired) electrons. The van der Waals surface area contributed by atoms with E-state index in [0.29, 0.717) is 13.2 Å². The molecule has 0 amide bonds. The fraction of sp³-hybridized carbons (Fsp3) is 0.417. The molecule has 1 aromatic carbocycles. The van der Waals surface area contributed by atoms with Crippen molar-refractivity contribution in [2.45, 2.75) is 20.3 Å². The Balaban J connectivity index is 2.62. The summed E-state index contributed by atoms with van der Waals surface area (Å²) in [5.41, 5.74) is 12.9. The molecule has 0 saturated heterocycles. The van der Waals surface area contributed by atoms with E-state index >= 15 is 0 Å². The van der Waals surface area contributed by atoms with E-state index in [0.717, 1.165) is 17.7 Å².